The topological polar surface area (TPSA) is 98.8 Å². The van der Waals surface area contributed by atoms with E-state index in [4.69, 9.17) is 4.74 Å². The van der Waals surface area contributed by atoms with Crippen molar-refractivity contribution in [1.82, 2.24) is 5.32 Å². The number of fused-ring (bicyclic) bond motifs is 1. The van der Waals surface area contributed by atoms with Crippen LogP contribution in [-0.4, -0.2) is 37.0 Å². The second-order valence-electron chi connectivity index (χ2n) is 6.04. The summed E-state index contributed by atoms with van der Waals surface area (Å²) in [5.74, 6) is -1.58. The smallest absolute Gasteiger partial charge is 0.413 e. The van der Waals surface area contributed by atoms with Gasteiger partial charge in [-0.15, -0.1) is 0 Å². The minimum atomic E-state index is -0.892. The Hall–Kier alpha value is -2.70. The summed E-state index contributed by atoms with van der Waals surface area (Å²) in [4.78, 5) is 46.3. The first-order valence-corrected chi connectivity index (χ1v) is 8.77. The number of ketones is 1. The summed E-state index contributed by atoms with van der Waals surface area (Å²) >= 11 is 0. The molecular formula is C19H23NO6. The third kappa shape index (κ3) is 5.98. The molecule has 0 fully saturated rings. The minimum absolute atomic E-state index is 0.0110. The number of alkyl carbamates (subject to hydrolysis) is 1. The van der Waals surface area contributed by atoms with E-state index >= 15 is 0 Å². The normalized spacial score (nSPS) is 12.7. The molecule has 0 aromatic heterocycles. The van der Waals surface area contributed by atoms with Crippen LogP contribution in [0.2, 0.25) is 0 Å². The number of hydrogen-bond acceptors (Lipinski definition) is 6. The van der Waals surface area contributed by atoms with Crippen LogP contribution in [0.4, 0.5) is 4.79 Å². The third-order valence-corrected chi connectivity index (χ3v) is 4.11. The van der Waals surface area contributed by atoms with Crippen molar-refractivity contribution in [1.29, 1.82) is 0 Å². The van der Waals surface area contributed by atoms with Crippen molar-refractivity contribution >= 4 is 23.8 Å². The van der Waals surface area contributed by atoms with Gasteiger partial charge in [0.2, 0.25) is 0 Å². The van der Waals surface area contributed by atoms with E-state index in [0.29, 0.717) is 5.56 Å². The number of imide groups is 1. The molecule has 0 aliphatic heterocycles. The minimum Gasteiger partial charge on any atom is -0.456 e. The fourth-order valence-electron chi connectivity index (χ4n) is 2.80. The Morgan fingerprint density at radius 1 is 1.00 bits per heavy atom. The van der Waals surface area contributed by atoms with E-state index in [1.54, 1.807) is 13.0 Å². The third-order valence-electron chi connectivity index (χ3n) is 4.11. The molecule has 1 aliphatic rings. The highest BCUT2D eigenvalue weighted by molar-refractivity contribution is 5.98. The van der Waals surface area contributed by atoms with Crippen molar-refractivity contribution in [2.24, 2.45) is 0 Å². The lowest BCUT2D eigenvalue weighted by Crippen LogP contribution is -2.34. The number of esters is 1. The molecule has 1 N–H and O–H groups in total. The van der Waals surface area contributed by atoms with Gasteiger partial charge in [0.25, 0.3) is 5.91 Å². The lowest BCUT2D eigenvalue weighted by atomic mass is 9.89. The van der Waals surface area contributed by atoms with Crippen LogP contribution in [0.15, 0.2) is 18.2 Å². The largest absolute Gasteiger partial charge is 0.456 e. The van der Waals surface area contributed by atoms with Gasteiger partial charge in [0.1, 0.15) is 0 Å². The van der Waals surface area contributed by atoms with Crippen LogP contribution in [0.1, 0.15) is 54.1 Å². The fraction of sp³-hybridized carbons (Fsp3) is 0.474. The first-order chi connectivity index (χ1) is 12.5. The monoisotopic (exact) mass is 361 g/mol. The van der Waals surface area contributed by atoms with Crippen molar-refractivity contribution in [3.05, 3.63) is 34.9 Å². The second kappa shape index (κ2) is 9.70. The number of hydrogen-bond donors (Lipinski definition) is 1. The van der Waals surface area contributed by atoms with Gasteiger partial charge in [-0.2, -0.15) is 0 Å². The highest BCUT2D eigenvalue weighted by Crippen LogP contribution is 2.22. The number of carbonyl (C=O) groups is 4. The molecule has 1 aliphatic carbocycles. The number of Topliss-reactive ketones (excluding diaryl/α,β-unsaturated/α-hetero) is 1. The molecule has 1 aromatic carbocycles. The van der Waals surface area contributed by atoms with Crippen LogP contribution in [0.5, 0.6) is 0 Å². The Balaban J connectivity index is 1.74. The van der Waals surface area contributed by atoms with Gasteiger partial charge in [-0.25, -0.2) is 4.79 Å². The molecule has 0 saturated heterocycles. The summed E-state index contributed by atoms with van der Waals surface area (Å²) in [6.45, 7) is 1.14. The van der Waals surface area contributed by atoms with Gasteiger partial charge in [0.15, 0.2) is 12.4 Å². The molecule has 2 rings (SSSR count). The zero-order valence-electron chi connectivity index (χ0n) is 14.8. The van der Waals surface area contributed by atoms with Gasteiger partial charge in [-0.3, -0.25) is 19.7 Å². The molecule has 26 heavy (non-hydrogen) atoms. The maximum Gasteiger partial charge on any atom is 0.413 e. The molecule has 0 bridgehead atoms. The Morgan fingerprint density at radius 3 is 2.46 bits per heavy atom. The molecule has 2 amide bonds. The number of rotatable bonds is 7. The van der Waals surface area contributed by atoms with E-state index in [-0.39, 0.29) is 25.2 Å². The Labute approximate surface area is 152 Å². The molecule has 1 aromatic rings. The van der Waals surface area contributed by atoms with Crippen molar-refractivity contribution < 1.29 is 28.7 Å². The number of benzene rings is 1. The van der Waals surface area contributed by atoms with Gasteiger partial charge in [-0.1, -0.05) is 12.1 Å². The molecule has 0 saturated carbocycles. The van der Waals surface area contributed by atoms with E-state index in [9.17, 15) is 19.2 Å². The van der Waals surface area contributed by atoms with Crippen LogP contribution < -0.4 is 5.32 Å². The van der Waals surface area contributed by atoms with Gasteiger partial charge < -0.3 is 9.47 Å². The summed E-state index contributed by atoms with van der Waals surface area (Å²) in [5, 5.41) is 1.91. The van der Waals surface area contributed by atoms with Crippen LogP contribution in [0.25, 0.3) is 0 Å². The fourth-order valence-corrected chi connectivity index (χ4v) is 2.80. The predicted octanol–water partition coefficient (Wildman–Crippen LogP) is 2.34. The molecule has 7 heteroatoms. The van der Waals surface area contributed by atoms with Crippen LogP contribution in [0.3, 0.4) is 0 Å². The number of amides is 2. The number of ether oxygens (including phenoxy) is 2. The molecule has 0 atom stereocenters. The quantitative estimate of drug-likeness (QED) is 0.591. The van der Waals surface area contributed by atoms with E-state index < -0.39 is 24.6 Å². The zero-order chi connectivity index (χ0) is 18.9. The number of nitrogens with one attached hydrogen (secondary N) is 1. The maximum absolute atomic E-state index is 12.2. The average molecular weight is 361 g/mol. The zero-order valence-corrected chi connectivity index (χ0v) is 14.8. The Morgan fingerprint density at radius 2 is 1.73 bits per heavy atom. The summed E-state index contributed by atoms with van der Waals surface area (Å²) in [6.07, 6.45) is 3.33. The van der Waals surface area contributed by atoms with Crippen molar-refractivity contribution in [3.63, 3.8) is 0 Å². The Bertz CT molecular complexity index is 697. The van der Waals surface area contributed by atoms with Gasteiger partial charge >= 0.3 is 12.1 Å². The summed E-state index contributed by atoms with van der Waals surface area (Å²) in [6, 6.07) is 5.69. The average Bonchev–Trinajstić information content (AvgIpc) is 2.64. The lowest BCUT2D eigenvalue weighted by molar-refractivity contribution is -0.148. The van der Waals surface area contributed by atoms with E-state index in [0.717, 1.165) is 19.3 Å². The van der Waals surface area contributed by atoms with E-state index in [1.807, 2.05) is 17.4 Å². The summed E-state index contributed by atoms with van der Waals surface area (Å²) in [7, 11) is 0. The highest BCUT2D eigenvalue weighted by atomic mass is 16.6. The van der Waals surface area contributed by atoms with Crippen molar-refractivity contribution in [2.45, 2.75) is 45.4 Å². The standard InChI is InChI=1S/C19H23NO6/c1-2-25-19(24)20-17(22)12-26-18(23)10-9-16(21)15-8-7-13-5-3-4-6-14(13)11-15/h7-8,11H,2-6,9-10,12H2,1H3,(H,20,22,24). The second-order valence-corrected chi connectivity index (χ2v) is 6.04. The maximum atomic E-state index is 12.2. The van der Waals surface area contributed by atoms with Gasteiger partial charge in [0, 0.05) is 12.0 Å². The number of carbonyl (C=O) groups excluding carboxylic acids is 4. The SMILES string of the molecule is CCOC(=O)NC(=O)COC(=O)CCC(=O)c1ccc2c(c1)CCCC2. The van der Waals surface area contributed by atoms with Crippen LogP contribution in [0, 0.1) is 0 Å². The molecule has 0 unspecified atom stereocenters. The number of aryl methyl sites for hydroxylation is 2. The molecule has 0 radical (unpaired) electrons. The van der Waals surface area contributed by atoms with Crippen LogP contribution >= 0.6 is 0 Å². The van der Waals surface area contributed by atoms with E-state index in [2.05, 4.69) is 4.74 Å². The first-order valence-electron chi connectivity index (χ1n) is 8.77. The molecule has 7 nitrogen and oxygen atoms in total. The molecule has 0 spiro atoms. The van der Waals surface area contributed by atoms with Gasteiger partial charge in [0.05, 0.1) is 13.0 Å². The summed E-state index contributed by atoms with van der Waals surface area (Å²) < 4.78 is 9.28. The van der Waals surface area contributed by atoms with Crippen molar-refractivity contribution in [3.8, 4) is 0 Å². The lowest BCUT2D eigenvalue weighted by Gasteiger charge is -2.16. The predicted molar refractivity (Wildman–Crippen MR) is 92.8 cm³/mol. The molecule has 140 valence electrons. The summed E-state index contributed by atoms with van der Waals surface area (Å²) in [5.41, 5.74) is 3.10. The van der Waals surface area contributed by atoms with Crippen LogP contribution in [-0.2, 0) is 31.9 Å². The Kier molecular flexibility index (Phi) is 7.32. The highest BCUT2D eigenvalue weighted by Gasteiger charge is 2.16. The molecule has 0 heterocycles. The van der Waals surface area contributed by atoms with E-state index in [1.165, 1.54) is 17.5 Å². The molecular weight excluding hydrogens is 338 g/mol. The van der Waals surface area contributed by atoms with Crippen molar-refractivity contribution in [2.75, 3.05) is 13.2 Å². The van der Waals surface area contributed by atoms with Gasteiger partial charge in [-0.05, 0) is 49.8 Å². The first kappa shape index (κ1) is 19.6.